The summed E-state index contributed by atoms with van der Waals surface area (Å²) in [4.78, 5) is 28.2. The second kappa shape index (κ2) is 8.30. The highest BCUT2D eigenvalue weighted by molar-refractivity contribution is 5.88. The standard InChI is InChI=1S/C21H25FN2O2/c1-2-20(25)24-11-5-7-18(15-24)21(26)23-12-9-16(10-13-23)14-17-6-3-4-8-19(17)22/h2-4,6,8,14,18H,1,5,7,9-13,15H2. The minimum atomic E-state index is -0.215. The van der Waals surface area contributed by atoms with Gasteiger partial charge in [-0.15, -0.1) is 0 Å². The van der Waals surface area contributed by atoms with Crippen molar-refractivity contribution in [3.8, 4) is 0 Å². The molecule has 138 valence electrons. The van der Waals surface area contributed by atoms with E-state index in [9.17, 15) is 14.0 Å². The molecule has 0 spiro atoms. The second-order valence-electron chi connectivity index (χ2n) is 6.98. The van der Waals surface area contributed by atoms with E-state index in [1.54, 1.807) is 17.0 Å². The molecule has 2 aliphatic heterocycles. The average Bonchev–Trinajstić information content (AvgIpc) is 2.69. The molecule has 0 saturated carbocycles. The topological polar surface area (TPSA) is 40.6 Å². The summed E-state index contributed by atoms with van der Waals surface area (Å²) in [7, 11) is 0. The summed E-state index contributed by atoms with van der Waals surface area (Å²) < 4.78 is 13.8. The minimum absolute atomic E-state index is 0.101. The summed E-state index contributed by atoms with van der Waals surface area (Å²) in [5.74, 6) is -0.301. The Kier molecular flexibility index (Phi) is 5.86. The average molecular weight is 356 g/mol. The molecule has 0 N–H and O–H groups in total. The van der Waals surface area contributed by atoms with Crippen molar-refractivity contribution in [1.29, 1.82) is 0 Å². The van der Waals surface area contributed by atoms with Gasteiger partial charge in [0, 0.05) is 31.7 Å². The maximum atomic E-state index is 13.8. The molecule has 0 aromatic heterocycles. The summed E-state index contributed by atoms with van der Waals surface area (Å²) in [6.45, 7) is 6.02. The first-order valence-corrected chi connectivity index (χ1v) is 9.22. The fourth-order valence-electron chi connectivity index (χ4n) is 3.74. The lowest BCUT2D eigenvalue weighted by atomic mass is 9.94. The molecule has 0 aliphatic carbocycles. The van der Waals surface area contributed by atoms with Crippen molar-refractivity contribution in [2.24, 2.45) is 5.92 Å². The minimum Gasteiger partial charge on any atom is -0.342 e. The van der Waals surface area contributed by atoms with Crippen molar-refractivity contribution in [3.63, 3.8) is 0 Å². The first kappa shape index (κ1) is 18.4. The van der Waals surface area contributed by atoms with Crippen molar-refractivity contribution in [1.82, 2.24) is 9.80 Å². The van der Waals surface area contributed by atoms with Crippen LogP contribution in [0.25, 0.3) is 6.08 Å². The number of hydrogen-bond donors (Lipinski definition) is 0. The Labute approximate surface area is 154 Å². The molecule has 0 bridgehead atoms. The van der Waals surface area contributed by atoms with Crippen LogP contribution in [0.5, 0.6) is 0 Å². The summed E-state index contributed by atoms with van der Waals surface area (Å²) in [6.07, 6.45) is 6.43. The Hall–Kier alpha value is -2.43. The number of nitrogens with zero attached hydrogens (tertiary/aromatic N) is 2. The molecule has 2 amide bonds. The molecule has 1 aromatic rings. The Morgan fingerprint density at radius 3 is 2.54 bits per heavy atom. The Morgan fingerprint density at radius 2 is 1.85 bits per heavy atom. The Balaban J connectivity index is 1.57. The number of piperidine rings is 2. The van der Waals surface area contributed by atoms with E-state index in [1.165, 1.54) is 17.7 Å². The third-order valence-corrected chi connectivity index (χ3v) is 5.24. The molecule has 2 aliphatic rings. The normalized spacial score (nSPS) is 20.7. The van der Waals surface area contributed by atoms with E-state index in [2.05, 4.69) is 6.58 Å². The monoisotopic (exact) mass is 356 g/mol. The summed E-state index contributed by atoms with van der Waals surface area (Å²) in [6, 6.07) is 6.74. The highest BCUT2D eigenvalue weighted by Gasteiger charge is 2.31. The van der Waals surface area contributed by atoms with Gasteiger partial charge in [-0.3, -0.25) is 9.59 Å². The highest BCUT2D eigenvalue weighted by Crippen LogP contribution is 2.24. The molecule has 26 heavy (non-hydrogen) atoms. The van der Waals surface area contributed by atoms with Gasteiger partial charge in [0.1, 0.15) is 5.82 Å². The third-order valence-electron chi connectivity index (χ3n) is 5.24. The number of benzene rings is 1. The van der Waals surface area contributed by atoms with Crippen LogP contribution in [0, 0.1) is 11.7 Å². The number of hydrogen-bond acceptors (Lipinski definition) is 2. The molecule has 0 radical (unpaired) electrons. The second-order valence-corrected chi connectivity index (χ2v) is 6.98. The predicted octanol–water partition coefficient (Wildman–Crippen LogP) is 3.26. The fourth-order valence-corrected chi connectivity index (χ4v) is 3.74. The van der Waals surface area contributed by atoms with Crippen molar-refractivity contribution in [3.05, 3.63) is 53.9 Å². The highest BCUT2D eigenvalue weighted by atomic mass is 19.1. The zero-order valence-corrected chi connectivity index (χ0v) is 15.0. The molecule has 2 fully saturated rings. The number of amides is 2. The van der Waals surface area contributed by atoms with Gasteiger partial charge in [-0.05, 0) is 37.8 Å². The first-order valence-electron chi connectivity index (χ1n) is 9.22. The quantitative estimate of drug-likeness (QED) is 0.780. The van der Waals surface area contributed by atoms with E-state index < -0.39 is 0 Å². The van der Waals surface area contributed by atoms with Gasteiger partial charge < -0.3 is 9.80 Å². The molecule has 2 heterocycles. The maximum absolute atomic E-state index is 13.8. The van der Waals surface area contributed by atoms with Gasteiger partial charge >= 0.3 is 0 Å². The van der Waals surface area contributed by atoms with Gasteiger partial charge in [-0.1, -0.05) is 36.4 Å². The van der Waals surface area contributed by atoms with Crippen LogP contribution in [0.15, 0.2) is 42.5 Å². The van der Waals surface area contributed by atoms with E-state index in [4.69, 9.17) is 0 Å². The number of rotatable bonds is 3. The van der Waals surface area contributed by atoms with Gasteiger partial charge in [0.15, 0.2) is 0 Å². The molecule has 1 aromatic carbocycles. The van der Waals surface area contributed by atoms with E-state index in [0.29, 0.717) is 31.7 Å². The van der Waals surface area contributed by atoms with Gasteiger partial charge in [0.2, 0.25) is 11.8 Å². The lowest BCUT2D eigenvalue weighted by Crippen LogP contribution is -2.47. The Bertz CT molecular complexity index is 718. The molecule has 3 rings (SSSR count). The van der Waals surface area contributed by atoms with Crippen LogP contribution < -0.4 is 0 Å². The van der Waals surface area contributed by atoms with E-state index in [0.717, 1.165) is 25.7 Å². The summed E-state index contributed by atoms with van der Waals surface area (Å²) >= 11 is 0. The van der Waals surface area contributed by atoms with Crippen LogP contribution in [0.1, 0.15) is 31.2 Å². The molecular weight excluding hydrogens is 331 g/mol. The van der Waals surface area contributed by atoms with Crippen molar-refractivity contribution >= 4 is 17.9 Å². The lowest BCUT2D eigenvalue weighted by molar-refractivity contribution is -0.139. The van der Waals surface area contributed by atoms with E-state index in [1.807, 2.05) is 17.0 Å². The molecule has 5 heteroatoms. The maximum Gasteiger partial charge on any atom is 0.245 e. The van der Waals surface area contributed by atoms with Crippen LogP contribution in [0.4, 0.5) is 4.39 Å². The largest absolute Gasteiger partial charge is 0.342 e. The van der Waals surface area contributed by atoms with E-state index in [-0.39, 0.29) is 23.5 Å². The SMILES string of the molecule is C=CC(=O)N1CCCC(C(=O)N2CCC(=Cc3ccccc3F)CC2)C1. The van der Waals surface area contributed by atoms with Crippen molar-refractivity contribution < 1.29 is 14.0 Å². The number of halogens is 1. The predicted molar refractivity (Wildman–Crippen MR) is 99.7 cm³/mol. The van der Waals surface area contributed by atoms with Crippen molar-refractivity contribution in [2.75, 3.05) is 26.2 Å². The van der Waals surface area contributed by atoms with Gasteiger partial charge in [0.25, 0.3) is 0 Å². The van der Waals surface area contributed by atoms with Crippen LogP contribution >= 0.6 is 0 Å². The zero-order valence-electron chi connectivity index (χ0n) is 15.0. The van der Waals surface area contributed by atoms with E-state index >= 15 is 0 Å². The third kappa shape index (κ3) is 4.21. The molecular formula is C21H25FN2O2. The molecule has 4 nitrogen and oxygen atoms in total. The van der Waals surface area contributed by atoms with Crippen LogP contribution in [-0.4, -0.2) is 47.8 Å². The zero-order chi connectivity index (χ0) is 18.5. The molecule has 2 saturated heterocycles. The first-order chi connectivity index (χ1) is 12.6. The van der Waals surface area contributed by atoms with Crippen LogP contribution in [-0.2, 0) is 9.59 Å². The van der Waals surface area contributed by atoms with Crippen molar-refractivity contribution in [2.45, 2.75) is 25.7 Å². The van der Waals surface area contributed by atoms with Crippen LogP contribution in [0.2, 0.25) is 0 Å². The van der Waals surface area contributed by atoms with Gasteiger partial charge in [0.05, 0.1) is 5.92 Å². The van der Waals surface area contributed by atoms with Gasteiger partial charge in [-0.25, -0.2) is 4.39 Å². The summed E-state index contributed by atoms with van der Waals surface area (Å²) in [5.41, 5.74) is 1.78. The van der Waals surface area contributed by atoms with Crippen LogP contribution in [0.3, 0.4) is 0 Å². The number of carbonyl (C=O) groups is 2. The fraction of sp³-hybridized carbons (Fsp3) is 0.429. The number of likely N-dealkylation sites (tertiary alicyclic amines) is 2. The molecule has 1 atom stereocenters. The smallest absolute Gasteiger partial charge is 0.245 e. The summed E-state index contributed by atoms with van der Waals surface area (Å²) in [5, 5.41) is 0. The lowest BCUT2D eigenvalue weighted by Gasteiger charge is -2.36. The van der Waals surface area contributed by atoms with Gasteiger partial charge in [-0.2, -0.15) is 0 Å². The number of carbonyl (C=O) groups excluding carboxylic acids is 2. The molecule has 1 unspecified atom stereocenters. The Morgan fingerprint density at radius 1 is 1.12 bits per heavy atom.